The molecule has 2 fully saturated rings. The molecule has 0 aromatic heterocycles. The van der Waals surface area contributed by atoms with E-state index in [1.807, 2.05) is 0 Å². The summed E-state index contributed by atoms with van der Waals surface area (Å²) >= 11 is 0. The van der Waals surface area contributed by atoms with Crippen molar-refractivity contribution in [2.24, 2.45) is 0 Å². The van der Waals surface area contributed by atoms with Crippen LogP contribution in [0.25, 0.3) is 0 Å². The Hall–Kier alpha value is -2.12. The number of likely N-dealkylation sites (N-methyl/N-ethyl adjacent to an activating group) is 1. The van der Waals surface area contributed by atoms with Gasteiger partial charge in [0.1, 0.15) is 11.9 Å². The predicted octanol–water partition coefficient (Wildman–Crippen LogP) is -1.21. The molecule has 10 nitrogen and oxygen atoms in total. The van der Waals surface area contributed by atoms with Gasteiger partial charge in [-0.1, -0.05) is 12.1 Å². The average molecular weight is 444 g/mol. The maximum absolute atomic E-state index is 13.2. The van der Waals surface area contributed by atoms with E-state index in [0.717, 1.165) is 11.4 Å². The van der Waals surface area contributed by atoms with E-state index in [2.05, 4.69) is 10.6 Å². The van der Waals surface area contributed by atoms with Crippen molar-refractivity contribution in [3.63, 3.8) is 0 Å². The SMILES string of the molecule is CN(C)S(=O)(=O)N(C)C1(O)C(=O)N2CCCC2NC1C(=O)NCc1ccc(F)cc1. The van der Waals surface area contributed by atoms with Crippen LogP contribution in [0.15, 0.2) is 24.3 Å². The maximum Gasteiger partial charge on any atom is 0.284 e. The Bertz CT molecular complexity index is 925. The third kappa shape index (κ3) is 3.81. The van der Waals surface area contributed by atoms with Crippen LogP contribution in [0.5, 0.6) is 0 Å². The molecule has 0 radical (unpaired) electrons. The number of carbonyl (C=O) groups is 2. The number of nitrogens with one attached hydrogen (secondary N) is 2. The highest BCUT2D eigenvalue weighted by Crippen LogP contribution is 2.32. The Morgan fingerprint density at radius 2 is 1.97 bits per heavy atom. The van der Waals surface area contributed by atoms with Crippen molar-refractivity contribution in [1.29, 1.82) is 0 Å². The van der Waals surface area contributed by atoms with Crippen molar-refractivity contribution in [3.05, 3.63) is 35.6 Å². The van der Waals surface area contributed by atoms with E-state index in [9.17, 15) is 27.5 Å². The van der Waals surface area contributed by atoms with Crippen LogP contribution in [-0.4, -0.2) is 84.5 Å². The Morgan fingerprint density at radius 1 is 1.33 bits per heavy atom. The number of aliphatic hydroxyl groups is 1. The number of hydrogen-bond donors (Lipinski definition) is 3. The molecule has 2 heterocycles. The predicted molar refractivity (Wildman–Crippen MR) is 105 cm³/mol. The fourth-order valence-corrected chi connectivity index (χ4v) is 4.74. The molecule has 12 heteroatoms. The monoisotopic (exact) mass is 443 g/mol. The van der Waals surface area contributed by atoms with Crippen LogP contribution >= 0.6 is 0 Å². The molecule has 2 aliphatic rings. The van der Waals surface area contributed by atoms with E-state index < -0.39 is 45.8 Å². The summed E-state index contributed by atoms with van der Waals surface area (Å²) in [6, 6.07) is 3.93. The topological polar surface area (TPSA) is 122 Å². The molecule has 0 aliphatic carbocycles. The zero-order valence-electron chi connectivity index (χ0n) is 17.0. The summed E-state index contributed by atoms with van der Waals surface area (Å²) in [7, 11) is -0.642. The normalized spacial score (nSPS) is 26.9. The molecule has 2 amide bonds. The largest absolute Gasteiger partial charge is 0.365 e. The van der Waals surface area contributed by atoms with Gasteiger partial charge in [0.05, 0.1) is 6.17 Å². The van der Waals surface area contributed by atoms with Gasteiger partial charge in [0.2, 0.25) is 11.6 Å². The molecular formula is C18H26FN5O5S. The molecule has 3 unspecified atom stereocenters. The number of benzene rings is 1. The van der Waals surface area contributed by atoms with Gasteiger partial charge in [-0.3, -0.25) is 14.9 Å². The van der Waals surface area contributed by atoms with E-state index in [-0.39, 0.29) is 6.54 Å². The number of amides is 2. The first-order valence-corrected chi connectivity index (χ1v) is 10.9. The fourth-order valence-electron chi connectivity index (χ4n) is 3.72. The number of halogens is 1. The summed E-state index contributed by atoms with van der Waals surface area (Å²) < 4.78 is 39.8. The first-order chi connectivity index (χ1) is 14.0. The minimum Gasteiger partial charge on any atom is -0.365 e. The van der Waals surface area contributed by atoms with Gasteiger partial charge in [0.15, 0.2) is 0 Å². The van der Waals surface area contributed by atoms with Crippen LogP contribution in [0.4, 0.5) is 4.39 Å². The second-order valence-corrected chi connectivity index (χ2v) is 9.76. The van der Waals surface area contributed by atoms with E-state index in [1.54, 1.807) is 0 Å². The molecule has 30 heavy (non-hydrogen) atoms. The van der Waals surface area contributed by atoms with Crippen LogP contribution < -0.4 is 10.6 Å². The van der Waals surface area contributed by atoms with E-state index in [0.29, 0.717) is 29.3 Å². The van der Waals surface area contributed by atoms with Gasteiger partial charge in [-0.2, -0.15) is 17.0 Å². The molecular weight excluding hydrogens is 417 g/mol. The van der Waals surface area contributed by atoms with Crippen LogP contribution in [0.2, 0.25) is 0 Å². The summed E-state index contributed by atoms with van der Waals surface area (Å²) in [6.07, 6.45) is 0.760. The summed E-state index contributed by atoms with van der Waals surface area (Å²) in [4.78, 5) is 27.5. The van der Waals surface area contributed by atoms with E-state index in [4.69, 9.17) is 0 Å². The number of fused-ring (bicyclic) bond motifs is 1. The summed E-state index contributed by atoms with van der Waals surface area (Å²) in [5.41, 5.74) is -2.05. The van der Waals surface area contributed by atoms with Crippen molar-refractivity contribution in [3.8, 4) is 0 Å². The molecule has 2 saturated heterocycles. The van der Waals surface area contributed by atoms with E-state index >= 15 is 0 Å². The molecule has 3 rings (SSSR count). The Balaban J connectivity index is 1.90. The number of nitrogens with zero attached hydrogens (tertiary/aromatic N) is 3. The number of rotatable bonds is 6. The first kappa shape index (κ1) is 22.6. The van der Waals surface area contributed by atoms with Crippen molar-refractivity contribution in [2.45, 2.75) is 37.3 Å². The molecule has 0 bridgehead atoms. The van der Waals surface area contributed by atoms with Crippen LogP contribution in [-0.2, 0) is 26.3 Å². The molecule has 166 valence electrons. The first-order valence-electron chi connectivity index (χ1n) is 9.47. The molecule has 0 spiro atoms. The number of carbonyl (C=O) groups excluding carboxylic acids is 2. The summed E-state index contributed by atoms with van der Waals surface area (Å²) in [6.45, 7) is 0.360. The van der Waals surface area contributed by atoms with Crippen molar-refractivity contribution in [1.82, 2.24) is 24.1 Å². The Morgan fingerprint density at radius 3 is 2.57 bits per heavy atom. The molecule has 0 saturated carbocycles. The van der Waals surface area contributed by atoms with Gasteiger partial charge in [-0.25, -0.2) is 4.39 Å². The van der Waals surface area contributed by atoms with Gasteiger partial charge in [0, 0.05) is 34.2 Å². The lowest BCUT2D eigenvalue weighted by atomic mass is 9.97. The fraction of sp³-hybridized carbons (Fsp3) is 0.556. The third-order valence-electron chi connectivity index (χ3n) is 5.52. The highest BCUT2D eigenvalue weighted by molar-refractivity contribution is 7.86. The highest BCUT2D eigenvalue weighted by atomic mass is 32.2. The molecule has 1 aromatic rings. The highest BCUT2D eigenvalue weighted by Gasteiger charge is 2.61. The average Bonchev–Trinajstić information content (AvgIpc) is 3.18. The van der Waals surface area contributed by atoms with Crippen LogP contribution in [0, 0.1) is 5.82 Å². The maximum atomic E-state index is 13.2. The van der Waals surface area contributed by atoms with Gasteiger partial charge in [-0.15, -0.1) is 0 Å². The zero-order chi connectivity index (χ0) is 22.3. The number of hydrogen-bond acceptors (Lipinski definition) is 6. The molecule has 3 atom stereocenters. The standard InChI is InChI=1S/C18H26FN5O5S/c1-22(2)30(28,29)23(3)18(27)15(21-14-5-4-10-24(14)17(18)26)16(25)20-11-12-6-8-13(19)9-7-12/h6-9,14-15,21,27H,4-5,10-11H2,1-3H3,(H,20,25). The summed E-state index contributed by atoms with van der Waals surface area (Å²) in [5.74, 6) is -2.02. The van der Waals surface area contributed by atoms with Gasteiger partial charge in [-0.05, 0) is 30.5 Å². The lowest BCUT2D eigenvalue weighted by molar-refractivity contribution is -0.184. The zero-order valence-corrected chi connectivity index (χ0v) is 17.8. The minimum atomic E-state index is -4.23. The van der Waals surface area contributed by atoms with Crippen molar-refractivity contribution >= 4 is 22.0 Å². The van der Waals surface area contributed by atoms with Crippen molar-refractivity contribution in [2.75, 3.05) is 27.7 Å². The minimum absolute atomic E-state index is 0.0140. The Kier molecular flexibility index (Phi) is 6.16. The lowest BCUT2D eigenvalue weighted by Crippen LogP contribution is -2.79. The van der Waals surface area contributed by atoms with Gasteiger partial charge in [0.25, 0.3) is 16.1 Å². The molecule has 3 N–H and O–H groups in total. The smallest absolute Gasteiger partial charge is 0.284 e. The second kappa shape index (κ2) is 8.19. The van der Waals surface area contributed by atoms with Crippen molar-refractivity contribution < 1.29 is 27.5 Å². The summed E-state index contributed by atoms with van der Waals surface area (Å²) in [5, 5.41) is 16.9. The van der Waals surface area contributed by atoms with Crippen LogP contribution in [0.3, 0.4) is 0 Å². The van der Waals surface area contributed by atoms with Crippen LogP contribution in [0.1, 0.15) is 18.4 Å². The van der Waals surface area contributed by atoms with E-state index in [1.165, 1.54) is 43.3 Å². The Labute approximate surface area is 174 Å². The quantitative estimate of drug-likeness (QED) is 0.474. The third-order valence-corrected chi connectivity index (χ3v) is 7.41. The second-order valence-electron chi connectivity index (χ2n) is 7.58. The lowest BCUT2D eigenvalue weighted by Gasteiger charge is -2.48. The van der Waals surface area contributed by atoms with Gasteiger partial charge < -0.3 is 15.3 Å². The molecule has 1 aromatic carbocycles. The van der Waals surface area contributed by atoms with Gasteiger partial charge >= 0.3 is 0 Å². The molecule has 2 aliphatic heterocycles.